The smallest absolute Gasteiger partial charge is 0.226 e. The van der Waals surface area contributed by atoms with Gasteiger partial charge >= 0.3 is 0 Å². The Labute approximate surface area is 98.1 Å². The number of rotatable bonds is 4. The second-order valence-corrected chi connectivity index (χ2v) is 3.58. The molecule has 0 saturated heterocycles. The topological polar surface area (TPSA) is 46.9 Å². The van der Waals surface area contributed by atoms with Crippen LogP contribution in [0.4, 0.5) is 10.1 Å². The molecule has 0 spiro atoms. The molecule has 88 valence electrons. The number of nitrogens with zero attached hydrogens (tertiary/aromatic N) is 2. The summed E-state index contributed by atoms with van der Waals surface area (Å²) in [6.07, 6.45) is 5.34. The van der Waals surface area contributed by atoms with Crippen molar-refractivity contribution in [3.05, 3.63) is 48.8 Å². The Morgan fingerprint density at radius 2 is 2.24 bits per heavy atom. The van der Waals surface area contributed by atoms with Crippen molar-refractivity contribution in [2.45, 2.75) is 13.0 Å². The summed E-state index contributed by atoms with van der Waals surface area (Å²) in [5.41, 5.74) is 0.211. The number of hydrogen-bond acceptors (Lipinski definition) is 2. The number of imidazole rings is 1. The van der Waals surface area contributed by atoms with Crippen molar-refractivity contribution < 1.29 is 9.18 Å². The monoisotopic (exact) mass is 233 g/mol. The van der Waals surface area contributed by atoms with E-state index in [4.69, 9.17) is 0 Å². The van der Waals surface area contributed by atoms with Crippen molar-refractivity contribution in [3.8, 4) is 0 Å². The lowest BCUT2D eigenvalue weighted by atomic mass is 10.3. The van der Waals surface area contributed by atoms with Crippen LogP contribution >= 0.6 is 0 Å². The van der Waals surface area contributed by atoms with Crippen molar-refractivity contribution in [2.75, 3.05) is 5.32 Å². The van der Waals surface area contributed by atoms with E-state index >= 15 is 0 Å². The lowest BCUT2D eigenvalue weighted by molar-refractivity contribution is -0.116. The van der Waals surface area contributed by atoms with Crippen molar-refractivity contribution >= 4 is 11.6 Å². The van der Waals surface area contributed by atoms with E-state index < -0.39 is 5.82 Å². The molecule has 1 aromatic heterocycles. The van der Waals surface area contributed by atoms with Crippen LogP contribution in [-0.4, -0.2) is 15.5 Å². The fraction of sp³-hybridized carbons (Fsp3) is 0.167. The maximum Gasteiger partial charge on any atom is 0.226 e. The molecule has 1 heterocycles. The predicted molar refractivity (Wildman–Crippen MR) is 61.9 cm³/mol. The Kier molecular flexibility index (Phi) is 3.49. The van der Waals surface area contributed by atoms with Gasteiger partial charge in [-0.1, -0.05) is 12.1 Å². The van der Waals surface area contributed by atoms with Crippen molar-refractivity contribution in [1.82, 2.24) is 9.55 Å². The number of carbonyl (C=O) groups is 1. The highest BCUT2D eigenvalue weighted by molar-refractivity contribution is 5.90. The van der Waals surface area contributed by atoms with Crippen molar-refractivity contribution in [2.24, 2.45) is 0 Å². The normalized spacial score (nSPS) is 10.2. The summed E-state index contributed by atoms with van der Waals surface area (Å²) in [6, 6.07) is 6.10. The van der Waals surface area contributed by atoms with Crippen LogP contribution in [0.3, 0.4) is 0 Å². The summed E-state index contributed by atoms with van der Waals surface area (Å²) in [5.74, 6) is -0.646. The third kappa shape index (κ3) is 3.14. The van der Waals surface area contributed by atoms with Gasteiger partial charge in [0.25, 0.3) is 0 Å². The van der Waals surface area contributed by atoms with Crippen LogP contribution in [0.2, 0.25) is 0 Å². The Morgan fingerprint density at radius 1 is 1.41 bits per heavy atom. The zero-order chi connectivity index (χ0) is 12.1. The number of nitrogens with one attached hydrogen (secondary N) is 1. The average molecular weight is 233 g/mol. The number of benzene rings is 1. The van der Waals surface area contributed by atoms with Crippen LogP contribution in [0.1, 0.15) is 6.42 Å². The van der Waals surface area contributed by atoms with Gasteiger partial charge in [-0.2, -0.15) is 0 Å². The first-order valence-electron chi connectivity index (χ1n) is 5.26. The molecule has 0 radical (unpaired) electrons. The Bertz CT molecular complexity index is 496. The van der Waals surface area contributed by atoms with Crippen LogP contribution in [-0.2, 0) is 11.3 Å². The van der Waals surface area contributed by atoms with E-state index in [-0.39, 0.29) is 18.0 Å². The molecule has 0 atom stereocenters. The summed E-state index contributed by atoms with van der Waals surface area (Å²) >= 11 is 0. The maximum atomic E-state index is 13.2. The van der Waals surface area contributed by atoms with E-state index in [1.165, 1.54) is 12.1 Å². The number of anilines is 1. The molecule has 1 amide bonds. The first-order valence-corrected chi connectivity index (χ1v) is 5.26. The van der Waals surface area contributed by atoms with Crippen molar-refractivity contribution in [1.29, 1.82) is 0 Å². The van der Waals surface area contributed by atoms with Crippen LogP contribution in [0.25, 0.3) is 0 Å². The first kappa shape index (κ1) is 11.3. The Hall–Kier alpha value is -2.17. The fourth-order valence-electron chi connectivity index (χ4n) is 1.42. The number of hydrogen-bond donors (Lipinski definition) is 1. The Balaban J connectivity index is 1.87. The highest BCUT2D eigenvalue weighted by atomic mass is 19.1. The molecule has 0 fully saturated rings. The molecule has 1 N–H and O–H groups in total. The summed E-state index contributed by atoms with van der Waals surface area (Å²) in [4.78, 5) is 15.4. The molecule has 0 aliphatic heterocycles. The highest BCUT2D eigenvalue weighted by Crippen LogP contribution is 2.12. The van der Waals surface area contributed by atoms with E-state index in [0.717, 1.165) is 0 Å². The van der Waals surface area contributed by atoms with E-state index in [2.05, 4.69) is 10.3 Å². The van der Waals surface area contributed by atoms with E-state index in [1.54, 1.807) is 35.4 Å². The molecule has 2 aromatic rings. The van der Waals surface area contributed by atoms with Gasteiger partial charge in [0, 0.05) is 25.4 Å². The van der Waals surface area contributed by atoms with Gasteiger partial charge in [-0.3, -0.25) is 4.79 Å². The van der Waals surface area contributed by atoms with Crippen LogP contribution in [0.5, 0.6) is 0 Å². The minimum atomic E-state index is -0.427. The van der Waals surface area contributed by atoms with E-state index in [0.29, 0.717) is 6.54 Å². The van der Waals surface area contributed by atoms with E-state index in [1.807, 2.05) is 0 Å². The quantitative estimate of drug-likeness (QED) is 0.878. The minimum Gasteiger partial charge on any atom is -0.337 e. The number of aryl methyl sites for hydroxylation is 1. The number of halogens is 1. The zero-order valence-electron chi connectivity index (χ0n) is 9.14. The summed E-state index contributed by atoms with van der Waals surface area (Å²) in [5, 5.41) is 2.52. The zero-order valence-corrected chi connectivity index (χ0v) is 9.14. The fourth-order valence-corrected chi connectivity index (χ4v) is 1.42. The largest absolute Gasteiger partial charge is 0.337 e. The molecular weight excluding hydrogens is 221 g/mol. The second-order valence-electron chi connectivity index (χ2n) is 3.58. The molecule has 1 aromatic carbocycles. The molecule has 0 aliphatic carbocycles. The van der Waals surface area contributed by atoms with Gasteiger partial charge in [0.05, 0.1) is 12.0 Å². The number of para-hydroxylation sites is 1. The van der Waals surface area contributed by atoms with Gasteiger partial charge in [-0.15, -0.1) is 0 Å². The summed E-state index contributed by atoms with van der Waals surface area (Å²) in [7, 11) is 0. The molecule has 0 aliphatic rings. The molecule has 2 rings (SSSR count). The number of aromatic nitrogens is 2. The molecule has 4 nitrogen and oxygen atoms in total. The van der Waals surface area contributed by atoms with Crippen molar-refractivity contribution in [3.63, 3.8) is 0 Å². The number of amides is 1. The highest BCUT2D eigenvalue weighted by Gasteiger charge is 2.05. The maximum absolute atomic E-state index is 13.2. The predicted octanol–water partition coefficient (Wildman–Crippen LogP) is 2.05. The summed E-state index contributed by atoms with van der Waals surface area (Å²) < 4.78 is 15.0. The second kappa shape index (κ2) is 5.25. The van der Waals surface area contributed by atoms with Gasteiger partial charge in [0.2, 0.25) is 5.91 Å². The lowest BCUT2D eigenvalue weighted by Gasteiger charge is -2.06. The van der Waals surface area contributed by atoms with Gasteiger partial charge < -0.3 is 9.88 Å². The first-order chi connectivity index (χ1) is 8.25. The standard InChI is InChI=1S/C12H12FN3O/c13-10-3-1-2-4-11(10)15-12(17)5-7-16-8-6-14-9-16/h1-4,6,8-9H,5,7H2,(H,15,17). The van der Waals surface area contributed by atoms with Crippen LogP contribution in [0, 0.1) is 5.82 Å². The van der Waals surface area contributed by atoms with Crippen LogP contribution in [0.15, 0.2) is 43.0 Å². The average Bonchev–Trinajstić information content (AvgIpc) is 2.82. The van der Waals surface area contributed by atoms with Gasteiger partial charge in [0.15, 0.2) is 0 Å². The molecule has 0 bridgehead atoms. The van der Waals surface area contributed by atoms with Gasteiger partial charge in [0.1, 0.15) is 5.82 Å². The minimum absolute atomic E-state index is 0.211. The Morgan fingerprint density at radius 3 is 2.94 bits per heavy atom. The SMILES string of the molecule is O=C(CCn1ccnc1)Nc1ccccc1F. The number of carbonyl (C=O) groups excluding carboxylic acids is 1. The molecule has 0 unspecified atom stereocenters. The molecule has 17 heavy (non-hydrogen) atoms. The third-order valence-electron chi connectivity index (χ3n) is 2.30. The van der Waals surface area contributed by atoms with Gasteiger partial charge in [-0.25, -0.2) is 9.37 Å². The summed E-state index contributed by atoms with van der Waals surface area (Å²) in [6.45, 7) is 0.528. The molecular formula is C12H12FN3O. The third-order valence-corrected chi connectivity index (χ3v) is 2.30. The molecule has 0 saturated carbocycles. The van der Waals surface area contributed by atoms with Gasteiger partial charge in [-0.05, 0) is 12.1 Å². The molecule has 5 heteroatoms. The van der Waals surface area contributed by atoms with E-state index in [9.17, 15) is 9.18 Å². The lowest BCUT2D eigenvalue weighted by Crippen LogP contribution is -2.14. The van der Waals surface area contributed by atoms with Crippen LogP contribution < -0.4 is 5.32 Å².